The van der Waals surface area contributed by atoms with E-state index in [0.29, 0.717) is 23.3 Å². The van der Waals surface area contributed by atoms with Crippen LogP contribution in [-0.4, -0.2) is 31.0 Å². The van der Waals surface area contributed by atoms with Crippen molar-refractivity contribution in [1.82, 2.24) is 19.7 Å². The van der Waals surface area contributed by atoms with Crippen molar-refractivity contribution < 1.29 is 9.50 Å². The van der Waals surface area contributed by atoms with Gasteiger partial charge in [0.2, 0.25) is 0 Å². The monoisotopic (exact) mass is 391 g/mol. The van der Waals surface area contributed by atoms with Crippen molar-refractivity contribution in [3.05, 3.63) is 65.9 Å². The van der Waals surface area contributed by atoms with Crippen molar-refractivity contribution in [3.8, 4) is 11.3 Å². The molecule has 1 atom stereocenters. The second-order valence-corrected chi connectivity index (χ2v) is 7.29. The fourth-order valence-corrected chi connectivity index (χ4v) is 3.22. The predicted molar refractivity (Wildman–Crippen MR) is 112 cm³/mol. The van der Waals surface area contributed by atoms with E-state index in [0.717, 1.165) is 28.0 Å². The second-order valence-electron chi connectivity index (χ2n) is 7.29. The molecule has 6 nitrogen and oxygen atoms in total. The van der Waals surface area contributed by atoms with Crippen molar-refractivity contribution in [2.75, 3.05) is 5.32 Å². The summed E-state index contributed by atoms with van der Waals surface area (Å²) in [5.74, 6) is -0.305. The van der Waals surface area contributed by atoms with Crippen molar-refractivity contribution in [2.24, 2.45) is 0 Å². The van der Waals surface area contributed by atoms with Crippen molar-refractivity contribution in [2.45, 2.75) is 33.4 Å². The van der Waals surface area contributed by atoms with Crippen molar-refractivity contribution >= 4 is 22.4 Å². The number of hydrogen-bond donors (Lipinski definition) is 2. The zero-order valence-corrected chi connectivity index (χ0v) is 16.5. The number of nitrogens with one attached hydrogen (secondary N) is 1. The lowest BCUT2D eigenvalue weighted by Crippen LogP contribution is -2.11. The van der Waals surface area contributed by atoms with Gasteiger partial charge >= 0.3 is 0 Å². The summed E-state index contributed by atoms with van der Waals surface area (Å²) in [6.45, 7) is 5.97. The zero-order chi connectivity index (χ0) is 20.5. The minimum absolute atomic E-state index is 0.305. The first kappa shape index (κ1) is 19.0. The predicted octanol–water partition coefficient (Wildman–Crippen LogP) is 4.37. The molecular weight excluding hydrogens is 369 g/mol. The van der Waals surface area contributed by atoms with Crippen molar-refractivity contribution in [3.63, 3.8) is 0 Å². The zero-order valence-electron chi connectivity index (χ0n) is 16.5. The number of aromatic nitrogens is 4. The first-order valence-electron chi connectivity index (χ1n) is 9.41. The Hall–Kier alpha value is -3.32. The van der Waals surface area contributed by atoms with Gasteiger partial charge in [-0.3, -0.25) is 14.6 Å². The van der Waals surface area contributed by atoms with Gasteiger partial charge < -0.3 is 10.4 Å². The first-order valence-corrected chi connectivity index (χ1v) is 9.41. The standard InChI is InChI=1S/C22H22FN5O/c1-13-4-5-17(23)16(8-13)20-9-19(14(2)10-25-20)26-18-6-7-24-21-12-28(11-15(3)29)27-22(18)21/h4-10,12,15,29H,11H2,1-3H3,(H,25,26)/t15-/m0/s1. The van der Waals surface area contributed by atoms with E-state index in [-0.39, 0.29) is 5.82 Å². The summed E-state index contributed by atoms with van der Waals surface area (Å²) in [6, 6.07) is 8.67. The number of pyridine rings is 2. The molecule has 4 aromatic rings. The molecule has 7 heteroatoms. The quantitative estimate of drug-likeness (QED) is 0.528. The molecule has 0 saturated heterocycles. The molecule has 2 N–H and O–H groups in total. The lowest BCUT2D eigenvalue weighted by molar-refractivity contribution is 0.169. The summed E-state index contributed by atoms with van der Waals surface area (Å²) < 4.78 is 16.0. The third-order valence-corrected chi connectivity index (χ3v) is 4.67. The number of nitrogens with zero attached hydrogens (tertiary/aromatic N) is 4. The van der Waals surface area contributed by atoms with Gasteiger partial charge in [-0.15, -0.1) is 0 Å². The largest absolute Gasteiger partial charge is 0.391 e. The second kappa shape index (κ2) is 7.60. The molecule has 1 aromatic carbocycles. The van der Waals surface area contributed by atoms with Crippen LogP contribution in [0.1, 0.15) is 18.1 Å². The number of halogens is 1. The minimum atomic E-state index is -0.505. The van der Waals surface area contributed by atoms with E-state index in [1.54, 1.807) is 42.3 Å². The Labute approximate surface area is 168 Å². The molecule has 29 heavy (non-hydrogen) atoms. The lowest BCUT2D eigenvalue weighted by Gasteiger charge is -2.12. The van der Waals surface area contributed by atoms with E-state index in [9.17, 15) is 9.50 Å². The molecular formula is C22H22FN5O. The Morgan fingerprint density at radius 3 is 2.76 bits per heavy atom. The average Bonchev–Trinajstić information content (AvgIpc) is 3.08. The smallest absolute Gasteiger partial charge is 0.134 e. The van der Waals surface area contributed by atoms with Crippen LogP contribution in [-0.2, 0) is 6.54 Å². The van der Waals surface area contributed by atoms with Crippen LogP contribution in [0.3, 0.4) is 0 Å². The van der Waals surface area contributed by atoms with E-state index in [1.165, 1.54) is 6.07 Å². The van der Waals surface area contributed by atoms with Crippen LogP contribution in [0, 0.1) is 19.7 Å². The number of benzene rings is 1. The topological polar surface area (TPSA) is 75.9 Å². The van der Waals surface area contributed by atoms with Crippen LogP contribution < -0.4 is 5.32 Å². The third-order valence-electron chi connectivity index (χ3n) is 4.67. The molecule has 0 bridgehead atoms. The summed E-state index contributed by atoms with van der Waals surface area (Å²) in [7, 11) is 0. The normalized spacial score (nSPS) is 12.3. The van der Waals surface area contributed by atoms with Crippen LogP contribution in [0.15, 0.2) is 48.9 Å². The highest BCUT2D eigenvalue weighted by atomic mass is 19.1. The Morgan fingerprint density at radius 1 is 1.14 bits per heavy atom. The van der Waals surface area contributed by atoms with Gasteiger partial charge in [0.05, 0.1) is 30.2 Å². The van der Waals surface area contributed by atoms with Gasteiger partial charge in [-0.1, -0.05) is 11.6 Å². The van der Waals surface area contributed by atoms with Gasteiger partial charge in [0.1, 0.15) is 16.9 Å². The Kier molecular flexibility index (Phi) is 4.98. The molecule has 0 saturated carbocycles. The first-order chi connectivity index (χ1) is 13.9. The average molecular weight is 391 g/mol. The highest BCUT2D eigenvalue weighted by Gasteiger charge is 2.12. The maximum Gasteiger partial charge on any atom is 0.134 e. The van der Waals surface area contributed by atoms with Crippen LogP contribution in [0.4, 0.5) is 15.8 Å². The molecule has 148 valence electrons. The van der Waals surface area contributed by atoms with Crippen LogP contribution in [0.5, 0.6) is 0 Å². The van der Waals surface area contributed by atoms with Crippen LogP contribution in [0.25, 0.3) is 22.3 Å². The summed E-state index contributed by atoms with van der Waals surface area (Å²) in [5.41, 5.74) is 5.95. The Balaban J connectivity index is 1.73. The maximum atomic E-state index is 14.3. The van der Waals surface area contributed by atoms with E-state index in [1.807, 2.05) is 26.0 Å². The Morgan fingerprint density at radius 2 is 1.97 bits per heavy atom. The number of aryl methyl sites for hydroxylation is 2. The summed E-state index contributed by atoms with van der Waals surface area (Å²) in [5, 5.41) is 17.5. The van der Waals surface area contributed by atoms with Gasteiger partial charge in [0.15, 0.2) is 0 Å². The molecule has 0 spiro atoms. The Bertz CT molecular complexity index is 1190. The highest BCUT2D eigenvalue weighted by Crippen LogP contribution is 2.30. The molecule has 4 rings (SSSR count). The molecule has 0 aliphatic heterocycles. The van der Waals surface area contributed by atoms with Gasteiger partial charge in [0, 0.05) is 23.6 Å². The molecule has 0 radical (unpaired) electrons. The van der Waals surface area contributed by atoms with E-state index in [2.05, 4.69) is 20.4 Å². The number of hydrogen-bond acceptors (Lipinski definition) is 5. The summed E-state index contributed by atoms with van der Waals surface area (Å²) >= 11 is 0. The van der Waals surface area contributed by atoms with Gasteiger partial charge in [-0.05, 0) is 50.6 Å². The number of anilines is 2. The maximum absolute atomic E-state index is 14.3. The molecule has 3 heterocycles. The molecule has 3 aromatic heterocycles. The number of fused-ring (bicyclic) bond motifs is 1. The lowest BCUT2D eigenvalue weighted by atomic mass is 10.1. The number of aliphatic hydroxyl groups excluding tert-OH is 1. The highest BCUT2D eigenvalue weighted by molar-refractivity contribution is 5.89. The molecule has 0 amide bonds. The van der Waals surface area contributed by atoms with E-state index < -0.39 is 6.10 Å². The number of aliphatic hydroxyl groups is 1. The van der Waals surface area contributed by atoms with Gasteiger partial charge in [-0.25, -0.2) is 4.39 Å². The molecule has 0 fully saturated rings. The van der Waals surface area contributed by atoms with Crippen LogP contribution in [0.2, 0.25) is 0 Å². The fraction of sp³-hybridized carbons (Fsp3) is 0.227. The third kappa shape index (κ3) is 3.95. The minimum Gasteiger partial charge on any atom is -0.391 e. The molecule has 0 aliphatic carbocycles. The summed E-state index contributed by atoms with van der Waals surface area (Å²) in [6.07, 6.45) is 4.73. The van der Waals surface area contributed by atoms with Crippen LogP contribution >= 0.6 is 0 Å². The van der Waals surface area contributed by atoms with Crippen molar-refractivity contribution in [1.29, 1.82) is 0 Å². The number of rotatable bonds is 5. The SMILES string of the molecule is Cc1ccc(F)c(-c2cc(Nc3ccnc4cn(C[C@H](C)O)nc34)c(C)cn2)c1. The summed E-state index contributed by atoms with van der Waals surface area (Å²) in [4.78, 5) is 8.77. The molecule has 0 aliphatic rings. The fourth-order valence-electron chi connectivity index (χ4n) is 3.22. The van der Waals surface area contributed by atoms with Gasteiger partial charge in [-0.2, -0.15) is 5.10 Å². The molecule has 0 unspecified atom stereocenters. The van der Waals surface area contributed by atoms with E-state index >= 15 is 0 Å². The van der Waals surface area contributed by atoms with Gasteiger partial charge in [0.25, 0.3) is 0 Å². The van der Waals surface area contributed by atoms with E-state index in [4.69, 9.17) is 0 Å².